The molecule has 5 heteroatoms. The molecule has 0 heterocycles. The summed E-state index contributed by atoms with van der Waals surface area (Å²) in [6, 6.07) is 0. The molecule has 94 valence electrons. The highest BCUT2D eigenvalue weighted by atomic mass is 16.6. The standard InChI is InChI=1S/C10H20O3.CO2/c1-7-12-10(5,6)8(11)13-9(2,3)4;2-1-3/h7H2,1-6H3;. The van der Waals surface area contributed by atoms with Crippen LogP contribution in [0.5, 0.6) is 0 Å². The Morgan fingerprint density at radius 1 is 1.12 bits per heavy atom. The minimum absolute atomic E-state index is 0.250. The first-order chi connectivity index (χ1) is 7.10. The third-order valence-electron chi connectivity index (χ3n) is 1.40. The van der Waals surface area contributed by atoms with Crippen molar-refractivity contribution in [3.8, 4) is 0 Å². The van der Waals surface area contributed by atoms with Gasteiger partial charge < -0.3 is 9.47 Å². The van der Waals surface area contributed by atoms with Crippen molar-refractivity contribution in [1.82, 2.24) is 0 Å². The van der Waals surface area contributed by atoms with Gasteiger partial charge in [-0.3, -0.25) is 0 Å². The summed E-state index contributed by atoms with van der Waals surface area (Å²) >= 11 is 0. The second-order valence-electron chi connectivity index (χ2n) is 4.53. The SMILES string of the molecule is CCOC(C)(C)C(=O)OC(C)(C)C.O=C=O. The Morgan fingerprint density at radius 2 is 1.50 bits per heavy atom. The monoisotopic (exact) mass is 232 g/mol. The van der Waals surface area contributed by atoms with Gasteiger partial charge in [0.1, 0.15) is 5.60 Å². The predicted octanol–water partition coefficient (Wildman–Crippen LogP) is 1.56. The van der Waals surface area contributed by atoms with Crippen LogP contribution >= 0.6 is 0 Å². The van der Waals surface area contributed by atoms with Gasteiger partial charge in [0.2, 0.25) is 0 Å². The molecule has 0 aromatic carbocycles. The smallest absolute Gasteiger partial charge is 0.373 e. The number of carbonyl (C=O) groups is 1. The second-order valence-corrected chi connectivity index (χ2v) is 4.53. The summed E-state index contributed by atoms with van der Waals surface area (Å²) in [6.07, 6.45) is 0.250. The van der Waals surface area contributed by atoms with Crippen LogP contribution in [0, 0.1) is 0 Å². The highest BCUT2D eigenvalue weighted by Crippen LogP contribution is 2.16. The first-order valence-corrected chi connectivity index (χ1v) is 4.97. The minimum atomic E-state index is -0.845. The number of rotatable bonds is 3. The summed E-state index contributed by atoms with van der Waals surface area (Å²) in [4.78, 5) is 27.8. The molecule has 0 spiro atoms. The molecule has 0 aliphatic heterocycles. The molecule has 0 bridgehead atoms. The fourth-order valence-electron chi connectivity index (χ4n) is 0.821. The molecule has 0 fully saturated rings. The molecule has 0 atom stereocenters. The van der Waals surface area contributed by atoms with Gasteiger partial charge in [-0.05, 0) is 41.5 Å². The third-order valence-corrected chi connectivity index (χ3v) is 1.40. The van der Waals surface area contributed by atoms with Crippen molar-refractivity contribution in [2.45, 2.75) is 52.7 Å². The quantitative estimate of drug-likeness (QED) is 0.690. The Bertz CT molecular complexity index is 244. The fourth-order valence-corrected chi connectivity index (χ4v) is 0.821. The van der Waals surface area contributed by atoms with E-state index in [2.05, 4.69) is 0 Å². The Labute approximate surface area is 96.1 Å². The number of carbonyl (C=O) groups excluding carboxylic acids is 3. The van der Waals surface area contributed by atoms with Gasteiger partial charge in [0.25, 0.3) is 0 Å². The van der Waals surface area contributed by atoms with Crippen LogP contribution < -0.4 is 0 Å². The Balaban J connectivity index is 0. The maximum atomic E-state index is 11.5. The van der Waals surface area contributed by atoms with E-state index in [4.69, 9.17) is 19.1 Å². The highest BCUT2D eigenvalue weighted by Gasteiger charge is 2.32. The Kier molecular flexibility index (Phi) is 7.69. The lowest BCUT2D eigenvalue weighted by molar-refractivity contribution is -0.191. The zero-order valence-corrected chi connectivity index (χ0v) is 10.7. The fraction of sp³-hybridized carbons (Fsp3) is 0.818. The lowest BCUT2D eigenvalue weighted by atomic mass is 10.1. The average Bonchev–Trinajstić information content (AvgIpc) is 2.01. The van der Waals surface area contributed by atoms with Gasteiger partial charge >= 0.3 is 12.1 Å². The van der Waals surface area contributed by atoms with Gasteiger partial charge in [0.05, 0.1) is 0 Å². The molecule has 0 rings (SSSR count). The first kappa shape index (κ1) is 17.2. The summed E-state index contributed by atoms with van der Waals surface area (Å²) in [5, 5.41) is 0. The van der Waals surface area contributed by atoms with E-state index in [-0.39, 0.29) is 12.1 Å². The van der Waals surface area contributed by atoms with Gasteiger partial charge in [-0.15, -0.1) is 0 Å². The van der Waals surface area contributed by atoms with E-state index >= 15 is 0 Å². The first-order valence-electron chi connectivity index (χ1n) is 4.97. The van der Waals surface area contributed by atoms with E-state index in [0.717, 1.165) is 0 Å². The van der Waals surface area contributed by atoms with Crippen LogP contribution in [0.25, 0.3) is 0 Å². The van der Waals surface area contributed by atoms with Crippen LogP contribution in [0.4, 0.5) is 0 Å². The Hall–Kier alpha value is -1.19. The molecule has 0 radical (unpaired) electrons. The maximum Gasteiger partial charge on any atom is 0.373 e. The van der Waals surface area contributed by atoms with E-state index in [0.29, 0.717) is 6.61 Å². The topological polar surface area (TPSA) is 69.7 Å². The van der Waals surface area contributed by atoms with Gasteiger partial charge in [-0.2, -0.15) is 9.59 Å². The van der Waals surface area contributed by atoms with Crippen LogP contribution in [-0.2, 0) is 23.9 Å². The molecule has 0 saturated heterocycles. The summed E-state index contributed by atoms with van der Waals surface area (Å²) in [5.41, 5.74) is -1.30. The lowest BCUT2D eigenvalue weighted by Gasteiger charge is -2.28. The summed E-state index contributed by atoms with van der Waals surface area (Å²) in [5.74, 6) is -0.318. The molecular formula is C11H20O5. The van der Waals surface area contributed by atoms with Crippen molar-refractivity contribution in [3.63, 3.8) is 0 Å². The van der Waals surface area contributed by atoms with Crippen molar-refractivity contribution in [3.05, 3.63) is 0 Å². The average molecular weight is 232 g/mol. The third kappa shape index (κ3) is 9.37. The molecule has 0 aliphatic carbocycles. The maximum absolute atomic E-state index is 11.5. The predicted molar refractivity (Wildman–Crippen MR) is 56.6 cm³/mol. The molecule has 16 heavy (non-hydrogen) atoms. The lowest BCUT2D eigenvalue weighted by Crippen LogP contribution is -2.40. The van der Waals surface area contributed by atoms with Gasteiger partial charge in [-0.1, -0.05) is 0 Å². The molecule has 0 amide bonds. The van der Waals surface area contributed by atoms with Crippen molar-refractivity contribution in [2.75, 3.05) is 6.61 Å². The largest absolute Gasteiger partial charge is 0.458 e. The highest BCUT2D eigenvalue weighted by molar-refractivity contribution is 5.78. The Morgan fingerprint density at radius 3 is 1.75 bits per heavy atom. The molecule has 0 saturated carbocycles. The molecular weight excluding hydrogens is 212 g/mol. The van der Waals surface area contributed by atoms with Crippen LogP contribution in [0.15, 0.2) is 0 Å². The van der Waals surface area contributed by atoms with Crippen LogP contribution in [-0.4, -0.2) is 29.9 Å². The number of esters is 1. The number of ether oxygens (including phenoxy) is 2. The van der Waals surface area contributed by atoms with E-state index in [1.54, 1.807) is 13.8 Å². The zero-order valence-electron chi connectivity index (χ0n) is 10.7. The van der Waals surface area contributed by atoms with E-state index in [9.17, 15) is 4.79 Å². The van der Waals surface area contributed by atoms with Gasteiger partial charge in [0, 0.05) is 6.61 Å². The minimum Gasteiger partial charge on any atom is -0.458 e. The van der Waals surface area contributed by atoms with Crippen LogP contribution in [0.3, 0.4) is 0 Å². The molecule has 0 aromatic rings. The van der Waals surface area contributed by atoms with Crippen LogP contribution in [0.2, 0.25) is 0 Å². The summed E-state index contributed by atoms with van der Waals surface area (Å²) in [6.45, 7) is 11.3. The van der Waals surface area contributed by atoms with Crippen molar-refractivity contribution < 1.29 is 23.9 Å². The number of hydrogen-bond donors (Lipinski definition) is 0. The summed E-state index contributed by atoms with van der Waals surface area (Å²) < 4.78 is 10.5. The van der Waals surface area contributed by atoms with E-state index in [1.807, 2.05) is 27.7 Å². The second kappa shape index (κ2) is 7.14. The van der Waals surface area contributed by atoms with Gasteiger partial charge in [-0.25, -0.2) is 4.79 Å². The molecule has 5 nitrogen and oxygen atoms in total. The van der Waals surface area contributed by atoms with E-state index in [1.165, 1.54) is 0 Å². The van der Waals surface area contributed by atoms with Crippen LogP contribution in [0.1, 0.15) is 41.5 Å². The molecule has 0 aliphatic rings. The summed E-state index contributed by atoms with van der Waals surface area (Å²) in [7, 11) is 0. The van der Waals surface area contributed by atoms with Crippen molar-refractivity contribution >= 4 is 12.1 Å². The van der Waals surface area contributed by atoms with Crippen molar-refractivity contribution in [2.24, 2.45) is 0 Å². The zero-order chi connectivity index (χ0) is 13.4. The number of hydrogen-bond acceptors (Lipinski definition) is 5. The molecule has 0 unspecified atom stereocenters. The van der Waals surface area contributed by atoms with Gasteiger partial charge in [0.15, 0.2) is 5.60 Å². The molecule has 0 aromatic heterocycles. The van der Waals surface area contributed by atoms with Crippen molar-refractivity contribution in [1.29, 1.82) is 0 Å². The normalized spacial score (nSPS) is 10.9. The molecule has 0 N–H and O–H groups in total. The van der Waals surface area contributed by atoms with E-state index < -0.39 is 11.2 Å².